The fourth-order valence-corrected chi connectivity index (χ4v) is 4.38. The zero-order valence-corrected chi connectivity index (χ0v) is 22.4. The minimum Gasteiger partial charge on any atom is -0.366 e. The molecule has 4 aromatic rings. The largest absolute Gasteiger partial charge is 0.460 e. The molecule has 0 aliphatic rings. The van der Waals surface area contributed by atoms with Crippen LogP contribution in [0.4, 0.5) is 30.7 Å². The Hall–Kier alpha value is -4.05. The molecule has 222 valence electrons. The number of carbonyl (C=O) groups is 2. The van der Waals surface area contributed by atoms with Gasteiger partial charge in [0.05, 0.1) is 23.5 Å². The van der Waals surface area contributed by atoms with Crippen LogP contribution in [-0.4, -0.2) is 53.5 Å². The summed E-state index contributed by atoms with van der Waals surface area (Å²) in [6, 6.07) is 6.89. The molecule has 3 heterocycles. The minimum absolute atomic E-state index is 0.0118. The molecule has 1 amide bonds. The molecule has 4 rings (SSSR count). The molecular formula is C24H16Cl2F7N7O2. The molecule has 0 radical (unpaired) electrons. The highest BCUT2D eigenvalue weighted by Gasteiger charge is 2.74. The van der Waals surface area contributed by atoms with Gasteiger partial charge in [0.2, 0.25) is 5.91 Å². The van der Waals surface area contributed by atoms with Crippen LogP contribution < -0.4 is 5.73 Å². The number of hydrogen-bond donors (Lipinski definition) is 1. The van der Waals surface area contributed by atoms with Crippen LogP contribution >= 0.6 is 23.2 Å². The summed E-state index contributed by atoms with van der Waals surface area (Å²) < 4.78 is 94.3. The predicted molar refractivity (Wildman–Crippen MR) is 133 cm³/mol. The lowest BCUT2D eigenvalue weighted by atomic mass is 9.95. The van der Waals surface area contributed by atoms with E-state index in [1.165, 1.54) is 36.5 Å². The lowest BCUT2D eigenvalue weighted by Gasteiger charge is -2.26. The van der Waals surface area contributed by atoms with Gasteiger partial charge in [0.1, 0.15) is 5.69 Å². The number of alkyl halides is 7. The van der Waals surface area contributed by atoms with E-state index in [4.69, 9.17) is 28.9 Å². The minimum atomic E-state index is -6.56. The number of aryl methyl sites for hydroxylation is 1. The van der Waals surface area contributed by atoms with Gasteiger partial charge >= 0.3 is 18.0 Å². The van der Waals surface area contributed by atoms with E-state index in [1.54, 1.807) is 6.92 Å². The first kappa shape index (κ1) is 30.9. The van der Waals surface area contributed by atoms with Crippen LogP contribution in [0, 0.1) is 6.92 Å². The highest BCUT2D eigenvalue weighted by atomic mass is 35.5. The van der Waals surface area contributed by atoms with E-state index in [0.29, 0.717) is 10.2 Å². The van der Waals surface area contributed by atoms with E-state index in [1.807, 2.05) is 0 Å². The van der Waals surface area contributed by atoms with Crippen molar-refractivity contribution >= 4 is 34.9 Å². The van der Waals surface area contributed by atoms with Crippen LogP contribution in [0.1, 0.15) is 43.4 Å². The second kappa shape index (κ2) is 11.0. The Morgan fingerprint density at radius 2 is 1.74 bits per heavy atom. The van der Waals surface area contributed by atoms with Crippen molar-refractivity contribution in [2.45, 2.75) is 37.9 Å². The van der Waals surface area contributed by atoms with E-state index in [9.17, 15) is 40.3 Å². The number of halogens is 9. The van der Waals surface area contributed by atoms with Gasteiger partial charge in [-0.3, -0.25) is 9.59 Å². The number of rotatable bonds is 9. The average molecular weight is 638 g/mol. The summed E-state index contributed by atoms with van der Waals surface area (Å²) >= 11 is 12.2. The molecule has 0 saturated carbocycles. The zero-order chi connectivity index (χ0) is 31.2. The molecule has 2 N–H and O–H groups in total. The Morgan fingerprint density at radius 3 is 2.36 bits per heavy atom. The number of nitrogens with zero attached hydrogens (tertiary/aromatic N) is 6. The highest BCUT2D eigenvalue weighted by Crippen LogP contribution is 2.51. The van der Waals surface area contributed by atoms with Crippen molar-refractivity contribution in [2.24, 2.45) is 5.73 Å². The van der Waals surface area contributed by atoms with E-state index >= 15 is 0 Å². The van der Waals surface area contributed by atoms with Crippen LogP contribution in [0.3, 0.4) is 0 Å². The maximum atomic E-state index is 14.1. The van der Waals surface area contributed by atoms with Gasteiger partial charge in [0.15, 0.2) is 17.3 Å². The van der Waals surface area contributed by atoms with Gasteiger partial charge in [-0.25, -0.2) is 14.3 Å². The molecule has 42 heavy (non-hydrogen) atoms. The van der Waals surface area contributed by atoms with Gasteiger partial charge in [0.25, 0.3) is 0 Å². The number of amides is 1. The SMILES string of the molecule is Cc1cc(Cl)cc(C(N)=O)c1CC(=O)c1cc(Cn2cc(C(F)(F)C(F)(F)C(F)(F)F)nn2)nn1-c1ncccc1Cl. The third kappa shape index (κ3) is 5.68. The molecule has 0 saturated heterocycles. The predicted octanol–water partition coefficient (Wildman–Crippen LogP) is 5.34. The van der Waals surface area contributed by atoms with Crippen molar-refractivity contribution in [3.05, 3.63) is 86.5 Å². The van der Waals surface area contributed by atoms with E-state index < -0.39 is 42.0 Å². The van der Waals surface area contributed by atoms with Gasteiger partial charge < -0.3 is 5.73 Å². The topological polar surface area (TPSA) is 122 Å². The number of aromatic nitrogens is 6. The molecule has 0 spiro atoms. The molecule has 9 nitrogen and oxygen atoms in total. The van der Waals surface area contributed by atoms with Crippen LogP contribution in [0.25, 0.3) is 5.82 Å². The quantitative estimate of drug-likeness (QED) is 0.195. The van der Waals surface area contributed by atoms with Crippen molar-refractivity contribution in [3.63, 3.8) is 0 Å². The molecule has 0 atom stereocenters. The van der Waals surface area contributed by atoms with Gasteiger partial charge in [-0.2, -0.15) is 35.8 Å². The number of hydrogen-bond acceptors (Lipinski definition) is 6. The maximum Gasteiger partial charge on any atom is 0.460 e. The standard InChI is InChI=1S/C24H16Cl2F7N7O2/c1-11-5-12(25)6-15(20(34)42)14(11)8-18(41)17-7-13(37-40(17)21-16(26)3-2-4-35-21)9-39-10-19(36-38-39)22(27,28)23(29,30)24(31,32)33/h2-7,10H,8-9H2,1H3,(H2,34,42). The van der Waals surface area contributed by atoms with Crippen molar-refractivity contribution < 1.29 is 40.3 Å². The van der Waals surface area contributed by atoms with Gasteiger partial charge in [-0.1, -0.05) is 28.4 Å². The Bertz CT molecular complexity index is 1690. The summed E-state index contributed by atoms with van der Waals surface area (Å²) in [6.45, 7) is 1.00. The summed E-state index contributed by atoms with van der Waals surface area (Å²) in [5.74, 6) is -13.7. The zero-order valence-electron chi connectivity index (χ0n) is 20.9. The van der Waals surface area contributed by atoms with Crippen molar-refractivity contribution in [3.8, 4) is 5.82 Å². The molecule has 1 aromatic carbocycles. The normalized spacial score (nSPS) is 12.5. The smallest absolute Gasteiger partial charge is 0.366 e. The summed E-state index contributed by atoms with van der Waals surface area (Å²) in [5.41, 5.74) is 3.97. The summed E-state index contributed by atoms with van der Waals surface area (Å²) in [7, 11) is 0. The number of nitrogens with two attached hydrogens (primary N) is 1. The van der Waals surface area contributed by atoms with E-state index in [2.05, 4.69) is 20.4 Å². The van der Waals surface area contributed by atoms with Crippen LogP contribution in [0.15, 0.2) is 42.7 Å². The molecule has 0 aliphatic heterocycles. The Balaban J connectivity index is 1.73. The molecule has 0 fully saturated rings. The first-order chi connectivity index (χ1) is 19.4. The van der Waals surface area contributed by atoms with Gasteiger partial charge in [-0.05, 0) is 48.4 Å². The van der Waals surface area contributed by atoms with Crippen LogP contribution in [-0.2, 0) is 18.9 Å². The summed E-state index contributed by atoms with van der Waals surface area (Å²) in [5, 5.41) is 10.4. The maximum absolute atomic E-state index is 14.1. The van der Waals surface area contributed by atoms with Crippen molar-refractivity contribution in [1.29, 1.82) is 0 Å². The molecule has 3 aromatic heterocycles. The van der Waals surface area contributed by atoms with Crippen LogP contribution in [0.5, 0.6) is 0 Å². The highest BCUT2D eigenvalue weighted by molar-refractivity contribution is 6.32. The lowest BCUT2D eigenvalue weighted by Crippen LogP contribution is -2.50. The molecule has 0 bridgehead atoms. The monoisotopic (exact) mass is 637 g/mol. The summed E-state index contributed by atoms with van der Waals surface area (Å²) in [4.78, 5) is 29.6. The molecule has 0 unspecified atom stereocenters. The van der Waals surface area contributed by atoms with Gasteiger partial charge in [-0.15, -0.1) is 5.10 Å². The van der Waals surface area contributed by atoms with Crippen molar-refractivity contribution in [2.75, 3.05) is 0 Å². The van der Waals surface area contributed by atoms with Crippen LogP contribution in [0.2, 0.25) is 10.0 Å². The second-order valence-electron chi connectivity index (χ2n) is 8.90. The first-order valence-electron chi connectivity index (χ1n) is 11.5. The fourth-order valence-electron chi connectivity index (χ4n) is 3.90. The molecular weight excluding hydrogens is 622 g/mol. The average Bonchev–Trinajstić information content (AvgIpc) is 3.53. The number of primary amides is 1. The Morgan fingerprint density at radius 1 is 1.05 bits per heavy atom. The summed E-state index contributed by atoms with van der Waals surface area (Å²) in [6.07, 6.45) is -5.42. The number of Topliss-reactive ketones (excluding diaryl/α,β-unsaturated/α-hetero) is 1. The first-order valence-corrected chi connectivity index (χ1v) is 12.2. The third-order valence-corrected chi connectivity index (χ3v) is 6.47. The molecule has 0 aliphatic carbocycles. The van der Waals surface area contributed by atoms with E-state index in [0.717, 1.165) is 4.68 Å². The third-order valence-electron chi connectivity index (χ3n) is 5.96. The Kier molecular flexibility index (Phi) is 8.08. The second-order valence-corrected chi connectivity index (χ2v) is 9.75. The fraction of sp³-hybridized carbons (Fsp3) is 0.250. The van der Waals surface area contributed by atoms with E-state index in [-0.39, 0.29) is 51.0 Å². The Labute approximate surface area is 241 Å². The number of benzene rings is 1. The lowest BCUT2D eigenvalue weighted by molar-refractivity contribution is -0.360. The number of ketones is 1. The van der Waals surface area contributed by atoms with Crippen molar-refractivity contribution in [1.82, 2.24) is 29.8 Å². The number of carbonyl (C=O) groups excluding carboxylic acids is 2. The van der Waals surface area contributed by atoms with Gasteiger partial charge in [0, 0.05) is 23.2 Å². The number of pyridine rings is 1. The molecule has 18 heteroatoms.